The van der Waals surface area contributed by atoms with E-state index in [4.69, 9.17) is 4.74 Å². The van der Waals surface area contributed by atoms with Gasteiger partial charge in [0.05, 0.1) is 7.11 Å². The molecular formula is C18H23NO. The van der Waals surface area contributed by atoms with E-state index < -0.39 is 0 Å². The fraction of sp³-hybridized carbons (Fsp3) is 0.333. The third-order valence-electron chi connectivity index (χ3n) is 3.69. The van der Waals surface area contributed by atoms with Crippen molar-refractivity contribution in [2.24, 2.45) is 0 Å². The predicted octanol–water partition coefficient (Wildman–Crippen LogP) is 4.42. The maximum absolute atomic E-state index is 5.19. The molecule has 2 aromatic carbocycles. The van der Waals surface area contributed by atoms with Crippen LogP contribution in [0.25, 0.3) is 0 Å². The number of hydrogen-bond acceptors (Lipinski definition) is 2. The Kier molecular flexibility index (Phi) is 4.80. The lowest BCUT2D eigenvalue weighted by Gasteiger charge is -2.21. The molecule has 0 heterocycles. The van der Waals surface area contributed by atoms with E-state index in [0.717, 1.165) is 5.75 Å². The molecule has 2 nitrogen and oxygen atoms in total. The lowest BCUT2D eigenvalue weighted by Crippen LogP contribution is -2.22. The number of benzene rings is 2. The van der Waals surface area contributed by atoms with Gasteiger partial charge >= 0.3 is 0 Å². The van der Waals surface area contributed by atoms with E-state index in [1.54, 1.807) is 7.11 Å². The summed E-state index contributed by atoms with van der Waals surface area (Å²) in [5.41, 5.74) is 3.88. The first-order valence-electron chi connectivity index (χ1n) is 7.06. The number of ether oxygens (including phenoxy) is 1. The summed E-state index contributed by atoms with van der Waals surface area (Å²) in [7, 11) is 1.69. The Morgan fingerprint density at radius 2 is 1.25 bits per heavy atom. The van der Waals surface area contributed by atoms with Gasteiger partial charge in [0.2, 0.25) is 0 Å². The molecule has 2 rings (SSSR count). The molecule has 1 unspecified atom stereocenters. The summed E-state index contributed by atoms with van der Waals surface area (Å²) < 4.78 is 5.19. The molecule has 0 fully saturated rings. The van der Waals surface area contributed by atoms with Crippen LogP contribution in [0.4, 0.5) is 0 Å². The van der Waals surface area contributed by atoms with Crippen molar-refractivity contribution in [2.75, 3.05) is 7.11 Å². The van der Waals surface area contributed by atoms with Crippen LogP contribution in [0.1, 0.15) is 42.6 Å². The van der Waals surface area contributed by atoms with Crippen LogP contribution in [0, 0.1) is 6.92 Å². The van der Waals surface area contributed by atoms with Gasteiger partial charge in [-0.2, -0.15) is 0 Å². The van der Waals surface area contributed by atoms with Gasteiger partial charge in [0, 0.05) is 12.1 Å². The van der Waals surface area contributed by atoms with E-state index in [2.05, 4.69) is 62.5 Å². The molecule has 2 atom stereocenters. The van der Waals surface area contributed by atoms with Gasteiger partial charge in [-0.05, 0) is 44.0 Å². The van der Waals surface area contributed by atoms with Gasteiger partial charge in [-0.15, -0.1) is 0 Å². The topological polar surface area (TPSA) is 21.3 Å². The molecule has 2 heteroatoms. The summed E-state index contributed by atoms with van der Waals surface area (Å²) in [4.78, 5) is 0. The molecule has 2 aromatic rings. The highest BCUT2D eigenvalue weighted by Gasteiger charge is 2.11. The van der Waals surface area contributed by atoms with E-state index in [1.807, 2.05) is 12.1 Å². The van der Waals surface area contributed by atoms with E-state index in [1.165, 1.54) is 16.7 Å². The summed E-state index contributed by atoms with van der Waals surface area (Å²) in [6.45, 7) is 6.50. The highest BCUT2D eigenvalue weighted by molar-refractivity contribution is 5.29. The molecule has 0 aliphatic heterocycles. The Morgan fingerprint density at radius 1 is 0.800 bits per heavy atom. The predicted molar refractivity (Wildman–Crippen MR) is 84.1 cm³/mol. The van der Waals surface area contributed by atoms with Crippen LogP contribution in [0.5, 0.6) is 5.75 Å². The van der Waals surface area contributed by atoms with Crippen molar-refractivity contribution in [2.45, 2.75) is 32.9 Å². The van der Waals surface area contributed by atoms with E-state index in [-0.39, 0.29) is 0 Å². The van der Waals surface area contributed by atoms with Crippen molar-refractivity contribution in [3.8, 4) is 5.75 Å². The summed E-state index contributed by atoms with van der Waals surface area (Å²) in [6, 6.07) is 17.5. The number of methoxy groups -OCH3 is 1. The molecule has 20 heavy (non-hydrogen) atoms. The van der Waals surface area contributed by atoms with Crippen LogP contribution in [-0.4, -0.2) is 7.11 Å². The number of hydrogen-bond donors (Lipinski definition) is 1. The van der Waals surface area contributed by atoms with Crippen molar-refractivity contribution in [1.29, 1.82) is 0 Å². The molecular weight excluding hydrogens is 246 g/mol. The molecule has 0 saturated carbocycles. The molecule has 0 saturated heterocycles. The Balaban J connectivity index is 2.02. The largest absolute Gasteiger partial charge is 0.497 e. The van der Waals surface area contributed by atoms with Crippen LogP contribution < -0.4 is 10.1 Å². The average molecular weight is 269 g/mol. The summed E-state index contributed by atoms with van der Waals surface area (Å²) in [6.07, 6.45) is 0. The second kappa shape index (κ2) is 6.58. The smallest absolute Gasteiger partial charge is 0.118 e. The lowest BCUT2D eigenvalue weighted by molar-refractivity contribution is 0.414. The van der Waals surface area contributed by atoms with Crippen LogP contribution in [0.15, 0.2) is 48.5 Å². The van der Waals surface area contributed by atoms with Gasteiger partial charge in [-0.3, -0.25) is 0 Å². The minimum absolute atomic E-state index is 0.303. The number of nitrogens with one attached hydrogen (secondary N) is 1. The van der Waals surface area contributed by atoms with E-state index in [9.17, 15) is 0 Å². The first-order chi connectivity index (χ1) is 9.60. The molecule has 0 aromatic heterocycles. The zero-order chi connectivity index (χ0) is 14.5. The molecule has 0 bridgehead atoms. The fourth-order valence-electron chi connectivity index (χ4n) is 2.32. The highest BCUT2D eigenvalue weighted by atomic mass is 16.5. The first-order valence-corrected chi connectivity index (χ1v) is 7.06. The van der Waals surface area contributed by atoms with Crippen LogP contribution in [-0.2, 0) is 0 Å². The second-order valence-corrected chi connectivity index (χ2v) is 5.29. The molecule has 1 N–H and O–H groups in total. The zero-order valence-corrected chi connectivity index (χ0v) is 12.7. The number of aryl methyl sites for hydroxylation is 1. The maximum atomic E-state index is 5.19. The van der Waals surface area contributed by atoms with Crippen LogP contribution >= 0.6 is 0 Å². The zero-order valence-electron chi connectivity index (χ0n) is 12.7. The second-order valence-electron chi connectivity index (χ2n) is 5.29. The summed E-state index contributed by atoms with van der Waals surface area (Å²) in [5.74, 6) is 0.896. The standard InChI is InChI=1S/C18H23NO/c1-13-5-7-16(8-6-13)14(2)19-15(3)17-9-11-18(20-4)12-10-17/h5-12,14-15,19H,1-4H3/t14?,15-/m0/s1. The van der Waals surface area contributed by atoms with E-state index >= 15 is 0 Å². The molecule has 106 valence electrons. The third kappa shape index (κ3) is 3.61. The van der Waals surface area contributed by atoms with Crippen LogP contribution in [0.3, 0.4) is 0 Å². The monoisotopic (exact) mass is 269 g/mol. The van der Waals surface area contributed by atoms with E-state index in [0.29, 0.717) is 12.1 Å². The minimum atomic E-state index is 0.303. The van der Waals surface area contributed by atoms with Gasteiger partial charge < -0.3 is 10.1 Å². The van der Waals surface area contributed by atoms with Crippen LogP contribution in [0.2, 0.25) is 0 Å². The van der Waals surface area contributed by atoms with Gasteiger partial charge in [-0.1, -0.05) is 42.0 Å². The first kappa shape index (κ1) is 14.6. The van der Waals surface area contributed by atoms with Crippen molar-refractivity contribution >= 4 is 0 Å². The Morgan fingerprint density at radius 3 is 1.70 bits per heavy atom. The SMILES string of the molecule is COc1ccc([C@H](C)NC(C)c2ccc(C)cc2)cc1. The van der Waals surface area contributed by atoms with Crippen molar-refractivity contribution < 1.29 is 4.74 Å². The highest BCUT2D eigenvalue weighted by Crippen LogP contribution is 2.21. The van der Waals surface area contributed by atoms with Gasteiger partial charge in [-0.25, -0.2) is 0 Å². The van der Waals surface area contributed by atoms with Crippen molar-refractivity contribution in [3.05, 3.63) is 65.2 Å². The Labute approximate surface area is 121 Å². The molecule has 0 aliphatic carbocycles. The van der Waals surface area contributed by atoms with Crippen molar-refractivity contribution in [3.63, 3.8) is 0 Å². The van der Waals surface area contributed by atoms with Crippen molar-refractivity contribution in [1.82, 2.24) is 5.32 Å². The quantitative estimate of drug-likeness (QED) is 0.867. The summed E-state index contributed by atoms with van der Waals surface area (Å²) >= 11 is 0. The van der Waals surface area contributed by atoms with Gasteiger partial charge in [0.25, 0.3) is 0 Å². The Bertz CT molecular complexity index is 530. The van der Waals surface area contributed by atoms with Gasteiger partial charge in [0.1, 0.15) is 5.75 Å². The Hall–Kier alpha value is -1.80. The number of rotatable bonds is 5. The molecule has 0 amide bonds. The molecule has 0 radical (unpaired) electrons. The average Bonchev–Trinajstić information content (AvgIpc) is 2.48. The minimum Gasteiger partial charge on any atom is -0.497 e. The molecule has 0 aliphatic rings. The van der Waals surface area contributed by atoms with Gasteiger partial charge in [0.15, 0.2) is 0 Å². The normalized spacial score (nSPS) is 13.8. The molecule has 0 spiro atoms. The lowest BCUT2D eigenvalue weighted by atomic mass is 10.0. The fourth-order valence-corrected chi connectivity index (χ4v) is 2.32. The summed E-state index contributed by atoms with van der Waals surface area (Å²) in [5, 5.41) is 3.63. The maximum Gasteiger partial charge on any atom is 0.118 e. The third-order valence-corrected chi connectivity index (χ3v) is 3.69.